The highest BCUT2D eigenvalue weighted by atomic mass is 16.5. The number of esters is 1. The molecule has 0 N–H and O–H groups in total. The SMILES string of the molecule is CC(C)OC(=O)c1ccc2ccccc2c1C1c2ccccc2-c2ccccc21. The smallest absolute Gasteiger partial charge is 0.338 e. The maximum absolute atomic E-state index is 13.1. The monoisotopic (exact) mass is 378 g/mol. The van der Waals surface area contributed by atoms with Gasteiger partial charge >= 0.3 is 5.97 Å². The molecule has 0 amide bonds. The number of carbonyl (C=O) groups is 1. The Kier molecular flexibility index (Phi) is 4.21. The van der Waals surface area contributed by atoms with Crippen LogP contribution in [0.4, 0.5) is 0 Å². The second-order valence-electron chi connectivity index (χ2n) is 7.81. The zero-order valence-electron chi connectivity index (χ0n) is 16.6. The zero-order chi connectivity index (χ0) is 20.0. The van der Waals surface area contributed by atoms with Crippen molar-refractivity contribution in [2.24, 2.45) is 0 Å². The number of hydrogen-bond acceptors (Lipinski definition) is 2. The Morgan fingerprint density at radius 3 is 2.00 bits per heavy atom. The fraction of sp³-hybridized carbons (Fsp3) is 0.148. The van der Waals surface area contributed by atoms with E-state index < -0.39 is 0 Å². The number of hydrogen-bond donors (Lipinski definition) is 0. The highest BCUT2D eigenvalue weighted by Gasteiger charge is 2.33. The van der Waals surface area contributed by atoms with E-state index in [1.807, 2.05) is 38.1 Å². The molecule has 142 valence electrons. The minimum Gasteiger partial charge on any atom is -0.459 e. The van der Waals surface area contributed by atoms with E-state index in [1.54, 1.807) is 0 Å². The van der Waals surface area contributed by atoms with E-state index in [4.69, 9.17) is 4.74 Å². The summed E-state index contributed by atoms with van der Waals surface area (Å²) in [5.74, 6) is -0.258. The van der Waals surface area contributed by atoms with Gasteiger partial charge in [-0.05, 0) is 58.5 Å². The first kappa shape index (κ1) is 17.7. The van der Waals surface area contributed by atoms with Crippen LogP contribution in [0.3, 0.4) is 0 Å². The highest BCUT2D eigenvalue weighted by molar-refractivity contribution is 6.01. The Balaban J connectivity index is 1.84. The van der Waals surface area contributed by atoms with Crippen LogP contribution in [0.5, 0.6) is 0 Å². The van der Waals surface area contributed by atoms with Crippen molar-refractivity contribution in [1.29, 1.82) is 0 Å². The van der Waals surface area contributed by atoms with E-state index in [2.05, 4.69) is 60.7 Å². The molecule has 0 radical (unpaired) electrons. The van der Waals surface area contributed by atoms with Gasteiger partial charge in [0.05, 0.1) is 11.7 Å². The van der Waals surface area contributed by atoms with Crippen molar-refractivity contribution in [2.45, 2.75) is 25.9 Å². The van der Waals surface area contributed by atoms with Gasteiger partial charge in [0.25, 0.3) is 0 Å². The first-order valence-corrected chi connectivity index (χ1v) is 10.1. The Morgan fingerprint density at radius 1 is 0.759 bits per heavy atom. The Morgan fingerprint density at radius 2 is 1.34 bits per heavy atom. The summed E-state index contributed by atoms with van der Waals surface area (Å²) in [6.07, 6.45) is -0.162. The van der Waals surface area contributed by atoms with E-state index in [0.29, 0.717) is 5.56 Å². The van der Waals surface area contributed by atoms with Crippen molar-refractivity contribution in [3.8, 4) is 11.1 Å². The maximum atomic E-state index is 13.1. The second-order valence-corrected chi connectivity index (χ2v) is 7.81. The summed E-state index contributed by atoms with van der Waals surface area (Å²) >= 11 is 0. The first-order valence-electron chi connectivity index (χ1n) is 10.1. The predicted octanol–water partition coefficient (Wildman–Crippen LogP) is 6.57. The minimum atomic E-state index is -0.261. The molecule has 4 aromatic rings. The quantitative estimate of drug-likeness (QED) is 0.332. The Hall–Kier alpha value is -3.39. The molecule has 0 aliphatic heterocycles. The van der Waals surface area contributed by atoms with Crippen LogP contribution < -0.4 is 0 Å². The molecule has 0 aromatic heterocycles. The molecule has 0 fully saturated rings. The average Bonchev–Trinajstić information content (AvgIpc) is 3.07. The van der Waals surface area contributed by atoms with Crippen LogP contribution in [-0.4, -0.2) is 12.1 Å². The molecule has 5 rings (SSSR count). The standard InChI is InChI=1S/C27H22O2/c1-17(2)29-27(28)24-16-15-18-9-3-4-10-19(18)25(24)26-22-13-7-5-11-20(22)21-12-6-8-14-23(21)26/h3-17,26H,1-2H3. The zero-order valence-corrected chi connectivity index (χ0v) is 16.6. The summed E-state index contributed by atoms with van der Waals surface area (Å²) in [5, 5.41) is 2.23. The lowest BCUT2D eigenvalue weighted by atomic mass is 9.83. The van der Waals surface area contributed by atoms with Gasteiger partial charge in [-0.2, -0.15) is 0 Å². The highest BCUT2D eigenvalue weighted by Crippen LogP contribution is 2.50. The van der Waals surface area contributed by atoms with Gasteiger partial charge in [0.1, 0.15) is 0 Å². The lowest BCUT2D eigenvalue weighted by molar-refractivity contribution is 0.0376. The van der Waals surface area contributed by atoms with Crippen molar-refractivity contribution in [3.05, 3.63) is 107 Å². The van der Waals surface area contributed by atoms with Gasteiger partial charge in [0.2, 0.25) is 0 Å². The van der Waals surface area contributed by atoms with Crippen LogP contribution in [0.25, 0.3) is 21.9 Å². The maximum Gasteiger partial charge on any atom is 0.338 e. The normalized spacial score (nSPS) is 12.8. The van der Waals surface area contributed by atoms with Gasteiger partial charge < -0.3 is 4.74 Å². The minimum absolute atomic E-state index is 0.00297. The molecule has 0 saturated carbocycles. The van der Waals surface area contributed by atoms with E-state index in [0.717, 1.165) is 16.3 Å². The molecule has 2 heteroatoms. The summed E-state index contributed by atoms with van der Waals surface area (Å²) in [7, 11) is 0. The molecular weight excluding hydrogens is 356 g/mol. The van der Waals surface area contributed by atoms with Gasteiger partial charge in [-0.25, -0.2) is 4.79 Å². The van der Waals surface area contributed by atoms with Crippen LogP contribution >= 0.6 is 0 Å². The molecule has 0 heterocycles. The van der Waals surface area contributed by atoms with Gasteiger partial charge in [-0.15, -0.1) is 0 Å². The largest absolute Gasteiger partial charge is 0.459 e. The summed E-state index contributed by atoms with van der Waals surface area (Å²) in [5.41, 5.74) is 6.64. The molecular formula is C27H22O2. The van der Waals surface area contributed by atoms with Crippen LogP contribution in [-0.2, 0) is 4.74 Å². The van der Waals surface area contributed by atoms with E-state index in [9.17, 15) is 4.79 Å². The number of rotatable bonds is 3. The van der Waals surface area contributed by atoms with Gasteiger partial charge in [-0.1, -0.05) is 78.9 Å². The van der Waals surface area contributed by atoms with E-state index in [-0.39, 0.29) is 18.0 Å². The Bertz CT molecular complexity index is 1190. The summed E-state index contributed by atoms with van der Waals surface area (Å²) < 4.78 is 5.62. The molecule has 0 spiro atoms. The first-order chi connectivity index (χ1) is 14.1. The van der Waals surface area contributed by atoms with Crippen molar-refractivity contribution in [1.82, 2.24) is 0 Å². The van der Waals surface area contributed by atoms with Crippen molar-refractivity contribution in [2.75, 3.05) is 0 Å². The second kappa shape index (κ2) is 6.89. The fourth-order valence-corrected chi connectivity index (χ4v) is 4.53. The van der Waals surface area contributed by atoms with Gasteiger partial charge in [0, 0.05) is 5.92 Å². The van der Waals surface area contributed by atoms with Crippen LogP contribution in [0.1, 0.15) is 46.8 Å². The van der Waals surface area contributed by atoms with Crippen LogP contribution in [0.2, 0.25) is 0 Å². The predicted molar refractivity (Wildman–Crippen MR) is 117 cm³/mol. The molecule has 1 aliphatic rings. The fourth-order valence-electron chi connectivity index (χ4n) is 4.53. The lowest BCUT2D eigenvalue weighted by Crippen LogP contribution is -2.15. The van der Waals surface area contributed by atoms with Crippen LogP contribution in [0.15, 0.2) is 84.9 Å². The summed E-state index contributed by atoms with van der Waals surface area (Å²) in [6, 6.07) is 29.2. The molecule has 4 aromatic carbocycles. The molecule has 1 aliphatic carbocycles. The topological polar surface area (TPSA) is 26.3 Å². The van der Waals surface area contributed by atoms with Crippen molar-refractivity contribution < 1.29 is 9.53 Å². The Labute approximate surface area is 170 Å². The molecule has 0 saturated heterocycles. The number of carbonyl (C=O) groups excluding carboxylic acids is 1. The summed E-state index contributed by atoms with van der Waals surface area (Å²) in [6.45, 7) is 3.78. The van der Waals surface area contributed by atoms with Crippen molar-refractivity contribution in [3.63, 3.8) is 0 Å². The number of ether oxygens (including phenoxy) is 1. The third kappa shape index (κ3) is 2.84. The molecule has 29 heavy (non-hydrogen) atoms. The van der Waals surface area contributed by atoms with Crippen LogP contribution in [0, 0.1) is 0 Å². The van der Waals surface area contributed by atoms with E-state index in [1.165, 1.54) is 22.3 Å². The molecule has 2 nitrogen and oxygen atoms in total. The van der Waals surface area contributed by atoms with Gasteiger partial charge in [0.15, 0.2) is 0 Å². The average molecular weight is 378 g/mol. The summed E-state index contributed by atoms with van der Waals surface area (Å²) in [4.78, 5) is 13.1. The molecule has 0 atom stereocenters. The van der Waals surface area contributed by atoms with Gasteiger partial charge in [-0.3, -0.25) is 0 Å². The lowest BCUT2D eigenvalue weighted by Gasteiger charge is -2.21. The molecule has 0 unspecified atom stereocenters. The molecule has 0 bridgehead atoms. The third-order valence-corrected chi connectivity index (χ3v) is 5.66. The van der Waals surface area contributed by atoms with E-state index >= 15 is 0 Å². The number of fused-ring (bicyclic) bond motifs is 4. The van der Waals surface area contributed by atoms with Crippen molar-refractivity contribution >= 4 is 16.7 Å². The number of benzene rings is 4. The third-order valence-electron chi connectivity index (χ3n) is 5.66.